The third-order valence-electron chi connectivity index (χ3n) is 6.74. The van der Waals surface area contributed by atoms with Gasteiger partial charge in [0.1, 0.15) is 0 Å². The van der Waals surface area contributed by atoms with E-state index >= 15 is 0 Å². The standard InChI is InChI=1S/C27H33F3N4O/c1-18(2)15-23(31)22-16-20(27(28,29)30)8-9-25(22)33-11-13-34(14-12-33)26(35)10-7-19-17-32-24-6-4-3-5-21(19)24/h3-6,8-9,16-18,23,32H,7,10-15,31H2,1-2H3/t23-/m0/s1. The number of rotatable bonds is 7. The Morgan fingerprint density at radius 1 is 1.09 bits per heavy atom. The second-order valence-corrected chi connectivity index (χ2v) is 9.73. The van der Waals surface area contributed by atoms with Crippen molar-refractivity contribution in [3.05, 3.63) is 65.4 Å². The highest BCUT2D eigenvalue weighted by Crippen LogP contribution is 2.36. The molecule has 0 bridgehead atoms. The predicted octanol–water partition coefficient (Wildman–Crippen LogP) is 5.51. The molecule has 4 rings (SSSR count). The average molecular weight is 487 g/mol. The van der Waals surface area contributed by atoms with Crippen LogP contribution in [0, 0.1) is 5.92 Å². The molecule has 3 N–H and O–H groups in total. The van der Waals surface area contributed by atoms with Crippen LogP contribution < -0.4 is 10.6 Å². The zero-order chi connectivity index (χ0) is 25.2. The van der Waals surface area contributed by atoms with Crippen LogP contribution >= 0.6 is 0 Å². The minimum atomic E-state index is -4.42. The van der Waals surface area contributed by atoms with Crippen LogP contribution in [-0.4, -0.2) is 42.0 Å². The Bertz CT molecular complexity index is 1160. The van der Waals surface area contributed by atoms with Crippen molar-refractivity contribution >= 4 is 22.5 Å². The fourth-order valence-electron chi connectivity index (χ4n) is 4.89. The van der Waals surface area contributed by atoms with E-state index in [9.17, 15) is 18.0 Å². The van der Waals surface area contributed by atoms with Gasteiger partial charge in [-0.05, 0) is 54.2 Å². The van der Waals surface area contributed by atoms with Crippen molar-refractivity contribution in [1.82, 2.24) is 9.88 Å². The maximum atomic E-state index is 13.4. The number of nitrogens with one attached hydrogen (secondary N) is 1. The molecule has 188 valence electrons. The first-order valence-corrected chi connectivity index (χ1v) is 12.2. The second kappa shape index (κ2) is 10.3. The van der Waals surface area contributed by atoms with E-state index in [0.29, 0.717) is 51.0 Å². The van der Waals surface area contributed by atoms with Gasteiger partial charge >= 0.3 is 6.18 Å². The van der Waals surface area contributed by atoms with Gasteiger partial charge in [-0.3, -0.25) is 4.79 Å². The molecule has 1 fully saturated rings. The lowest BCUT2D eigenvalue weighted by Gasteiger charge is -2.38. The summed E-state index contributed by atoms with van der Waals surface area (Å²) in [6, 6.07) is 11.4. The Labute approximate surface area is 204 Å². The topological polar surface area (TPSA) is 65.4 Å². The van der Waals surface area contributed by atoms with Crippen LogP contribution in [0.25, 0.3) is 10.9 Å². The van der Waals surface area contributed by atoms with Gasteiger partial charge in [-0.15, -0.1) is 0 Å². The molecule has 0 radical (unpaired) electrons. The number of alkyl halides is 3. The Morgan fingerprint density at radius 2 is 1.80 bits per heavy atom. The molecular weight excluding hydrogens is 453 g/mol. The number of fused-ring (bicyclic) bond motifs is 1. The van der Waals surface area contributed by atoms with Gasteiger partial charge in [0.05, 0.1) is 5.56 Å². The molecule has 1 amide bonds. The van der Waals surface area contributed by atoms with Crippen molar-refractivity contribution < 1.29 is 18.0 Å². The summed E-state index contributed by atoms with van der Waals surface area (Å²) in [4.78, 5) is 20.0. The van der Waals surface area contributed by atoms with Gasteiger partial charge in [0.15, 0.2) is 0 Å². The number of carbonyl (C=O) groups excluding carboxylic acids is 1. The van der Waals surface area contributed by atoms with Gasteiger partial charge in [0.25, 0.3) is 0 Å². The number of nitrogens with two attached hydrogens (primary N) is 1. The third-order valence-corrected chi connectivity index (χ3v) is 6.74. The first kappa shape index (κ1) is 25.1. The number of nitrogens with zero attached hydrogens (tertiary/aromatic N) is 2. The van der Waals surface area contributed by atoms with Crippen LogP contribution in [0.4, 0.5) is 18.9 Å². The molecule has 2 aromatic carbocycles. The van der Waals surface area contributed by atoms with E-state index in [2.05, 4.69) is 16.0 Å². The van der Waals surface area contributed by atoms with Crippen LogP contribution in [0.15, 0.2) is 48.7 Å². The van der Waals surface area contributed by atoms with E-state index in [0.717, 1.165) is 28.2 Å². The molecule has 5 nitrogen and oxygen atoms in total. The van der Waals surface area contributed by atoms with E-state index in [1.807, 2.05) is 43.1 Å². The van der Waals surface area contributed by atoms with Gasteiger partial charge in [-0.2, -0.15) is 13.2 Å². The number of H-pyrrole nitrogens is 1. The maximum absolute atomic E-state index is 13.4. The monoisotopic (exact) mass is 486 g/mol. The molecule has 8 heteroatoms. The van der Waals surface area contributed by atoms with Gasteiger partial charge < -0.3 is 20.5 Å². The minimum Gasteiger partial charge on any atom is -0.368 e. The number of aromatic nitrogens is 1. The number of carbonyl (C=O) groups is 1. The Hall–Kier alpha value is -3.00. The van der Waals surface area contributed by atoms with Gasteiger partial charge in [0.2, 0.25) is 5.91 Å². The van der Waals surface area contributed by atoms with Crippen molar-refractivity contribution in [1.29, 1.82) is 0 Å². The highest BCUT2D eigenvalue weighted by molar-refractivity contribution is 5.84. The number of piperazine rings is 1. The molecule has 35 heavy (non-hydrogen) atoms. The largest absolute Gasteiger partial charge is 0.416 e. The zero-order valence-corrected chi connectivity index (χ0v) is 20.2. The molecule has 1 atom stereocenters. The van der Waals surface area contributed by atoms with E-state index in [1.54, 1.807) is 0 Å². The number of aromatic amines is 1. The number of hydrogen-bond acceptors (Lipinski definition) is 3. The van der Waals surface area contributed by atoms with Crippen molar-refractivity contribution in [2.24, 2.45) is 11.7 Å². The molecule has 0 saturated carbocycles. The first-order chi connectivity index (χ1) is 16.6. The van der Waals surface area contributed by atoms with Gasteiger partial charge in [-0.25, -0.2) is 0 Å². The second-order valence-electron chi connectivity index (χ2n) is 9.73. The number of hydrogen-bond donors (Lipinski definition) is 2. The summed E-state index contributed by atoms with van der Waals surface area (Å²) < 4.78 is 40.1. The molecule has 1 aromatic heterocycles. The summed E-state index contributed by atoms with van der Waals surface area (Å²) in [7, 11) is 0. The maximum Gasteiger partial charge on any atom is 0.416 e. The number of amides is 1. The molecule has 1 aliphatic rings. The number of halogens is 3. The summed E-state index contributed by atoms with van der Waals surface area (Å²) in [5.41, 5.74) is 9.12. The first-order valence-electron chi connectivity index (χ1n) is 12.2. The van der Waals surface area contributed by atoms with E-state index < -0.39 is 17.8 Å². The van der Waals surface area contributed by atoms with E-state index in [1.165, 1.54) is 12.1 Å². The van der Waals surface area contributed by atoms with E-state index in [-0.39, 0.29) is 11.8 Å². The van der Waals surface area contributed by atoms with E-state index in [4.69, 9.17) is 5.73 Å². The van der Waals surface area contributed by atoms with Crippen LogP contribution in [0.5, 0.6) is 0 Å². The fourth-order valence-corrected chi connectivity index (χ4v) is 4.89. The highest BCUT2D eigenvalue weighted by Gasteiger charge is 2.33. The van der Waals surface area contributed by atoms with Crippen LogP contribution in [0.3, 0.4) is 0 Å². The summed E-state index contributed by atoms with van der Waals surface area (Å²) in [5.74, 6) is 0.359. The quantitative estimate of drug-likeness (QED) is 0.463. The smallest absolute Gasteiger partial charge is 0.368 e. The zero-order valence-electron chi connectivity index (χ0n) is 20.2. The molecule has 1 saturated heterocycles. The molecule has 3 aromatic rings. The third kappa shape index (κ3) is 5.81. The number of benzene rings is 2. The summed E-state index contributed by atoms with van der Waals surface area (Å²) >= 11 is 0. The molecule has 1 aliphatic heterocycles. The molecular formula is C27H33F3N4O. The molecule has 0 aliphatic carbocycles. The Morgan fingerprint density at radius 3 is 2.49 bits per heavy atom. The minimum absolute atomic E-state index is 0.0964. The summed E-state index contributed by atoms with van der Waals surface area (Å²) in [6.07, 6.45) is -0.771. The Kier molecular flexibility index (Phi) is 7.40. The highest BCUT2D eigenvalue weighted by atomic mass is 19.4. The molecule has 0 spiro atoms. The van der Waals surface area contributed by atoms with Crippen LogP contribution in [-0.2, 0) is 17.4 Å². The van der Waals surface area contributed by atoms with Gasteiger partial charge in [-0.1, -0.05) is 32.0 Å². The number of para-hydroxylation sites is 1. The molecule has 2 heterocycles. The lowest BCUT2D eigenvalue weighted by Crippen LogP contribution is -2.49. The SMILES string of the molecule is CC(C)C[C@H](N)c1cc(C(F)(F)F)ccc1N1CCN(C(=O)CCc2c[nH]c3ccccc23)CC1. The summed E-state index contributed by atoms with van der Waals surface area (Å²) in [5, 5.41) is 1.14. The van der Waals surface area contributed by atoms with Crippen molar-refractivity contribution in [2.45, 2.75) is 45.3 Å². The normalized spacial score (nSPS) is 15.7. The lowest BCUT2D eigenvalue weighted by molar-refractivity contribution is -0.137. The average Bonchev–Trinajstić information content (AvgIpc) is 3.24. The predicted molar refractivity (Wildman–Crippen MR) is 133 cm³/mol. The van der Waals surface area contributed by atoms with Crippen LogP contribution in [0.1, 0.15) is 49.4 Å². The van der Waals surface area contributed by atoms with Crippen molar-refractivity contribution in [3.8, 4) is 0 Å². The molecule has 0 unspecified atom stereocenters. The number of anilines is 1. The van der Waals surface area contributed by atoms with Crippen molar-refractivity contribution in [2.75, 3.05) is 31.1 Å². The lowest BCUT2D eigenvalue weighted by atomic mass is 9.94. The van der Waals surface area contributed by atoms with Gasteiger partial charge in [0, 0.05) is 61.4 Å². The van der Waals surface area contributed by atoms with Crippen molar-refractivity contribution in [3.63, 3.8) is 0 Å². The summed E-state index contributed by atoms with van der Waals surface area (Å²) in [6.45, 7) is 6.21. The number of aryl methyl sites for hydroxylation is 1. The fraction of sp³-hybridized carbons (Fsp3) is 0.444. The Balaban J connectivity index is 1.41. The van der Waals surface area contributed by atoms with Crippen LogP contribution in [0.2, 0.25) is 0 Å².